The van der Waals surface area contributed by atoms with Crippen LogP contribution in [0.2, 0.25) is 0 Å². The Kier molecular flexibility index (Phi) is 5.18. The largest absolute Gasteiger partial charge is 0.325 e. The van der Waals surface area contributed by atoms with E-state index in [2.05, 4.69) is 5.32 Å². The first kappa shape index (κ1) is 17.3. The van der Waals surface area contributed by atoms with Crippen LogP contribution in [-0.2, 0) is 24.5 Å². The molecule has 1 fully saturated rings. The Morgan fingerprint density at radius 1 is 1.41 bits per heavy atom. The van der Waals surface area contributed by atoms with Gasteiger partial charge in [0.1, 0.15) is 0 Å². The van der Waals surface area contributed by atoms with E-state index in [4.69, 9.17) is 0 Å². The summed E-state index contributed by atoms with van der Waals surface area (Å²) in [4.78, 5) is 12.0. The Morgan fingerprint density at radius 3 is 2.73 bits per heavy atom. The lowest BCUT2D eigenvalue weighted by molar-refractivity contribution is -0.113. The number of sulfone groups is 2. The summed E-state index contributed by atoms with van der Waals surface area (Å²) in [6.45, 7) is 0. The summed E-state index contributed by atoms with van der Waals surface area (Å²) in [5, 5.41) is 2.58. The average Bonchev–Trinajstić information content (AvgIpc) is 2.75. The fourth-order valence-corrected chi connectivity index (χ4v) is 6.20. The minimum atomic E-state index is -3.32. The molecule has 1 amide bonds. The van der Waals surface area contributed by atoms with Gasteiger partial charge in [-0.05, 0) is 24.6 Å². The second-order valence-corrected chi connectivity index (χ2v) is 10.7. The number of carbonyl (C=O) groups excluding carboxylic acids is 1. The molecule has 1 heterocycles. The highest BCUT2D eigenvalue weighted by molar-refractivity contribution is 8.02. The van der Waals surface area contributed by atoms with Crippen LogP contribution in [0.5, 0.6) is 0 Å². The first-order valence-electron chi connectivity index (χ1n) is 6.58. The summed E-state index contributed by atoms with van der Waals surface area (Å²) >= 11 is 1.31. The zero-order chi connectivity index (χ0) is 16.4. The first-order chi connectivity index (χ1) is 10.2. The molecule has 0 aliphatic carbocycles. The van der Waals surface area contributed by atoms with Crippen LogP contribution >= 0.6 is 11.8 Å². The molecule has 1 aliphatic rings. The Morgan fingerprint density at radius 2 is 2.14 bits per heavy atom. The van der Waals surface area contributed by atoms with Crippen LogP contribution in [-0.4, -0.2) is 51.5 Å². The molecule has 0 bridgehead atoms. The monoisotopic (exact) mass is 363 g/mol. The van der Waals surface area contributed by atoms with Gasteiger partial charge in [-0.15, -0.1) is 11.8 Å². The summed E-state index contributed by atoms with van der Waals surface area (Å²) in [5.74, 6) is 0.167. The third kappa shape index (κ3) is 4.99. The van der Waals surface area contributed by atoms with E-state index in [9.17, 15) is 21.6 Å². The fraction of sp³-hybridized carbons (Fsp3) is 0.462. The molecular formula is C13H17NO5S3. The standard InChI is InChI=1S/C13H17NO5S3/c1-21(16,17)12-4-2-3-10(7-12)14-13(15)8-20-11-5-6-22(18,19)9-11/h2-4,7,11H,5-6,8-9H2,1H3,(H,14,15)/t11-/m0/s1. The lowest BCUT2D eigenvalue weighted by Crippen LogP contribution is -2.17. The molecule has 0 unspecified atom stereocenters. The Balaban J connectivity index is 1.90. The molecule has 9 heteroatoms. The lowest BCUT2D eigenvalue weighted by Gasteiger charge is -2.09. The van der Waals surface area contributed by atoms with Gasteiger partial charge in [0.2, 0.25) is 5.91 Å². The van der Waals surface area contributed by atoms with E-state index in [1.807, 2.05) is 0 Å². The highest BCUT2D eigenvalue weighted by Gasteiger charge is 2.28. The quantitative estimate of drug-likeness (QED) is 0.836. The SMILES string of the molecule is CS(=O)(=O)c1cccc(NC(=O)CS[C@H]2CCS(=O)(=O)C2)c1. The molecule has 2 rings (SSSR count). The molecule has 0 aromatic heterocycles. The van der Waals surface area contributed by atoms with Crippen molar-refractivity contribution in [3.63, 3.8) is 0 Å². The minimum absolute atomic E-state index is 0.0434. The Hall–Kier alpha value is -1.06. The maximum atomic E-state index is 11.9. The van der Waals surface area contributed by atoms with Crippen LogP contribution in [0.15, 0.2) is 29.2 Å². The predicted molar refractivity (Wildman–Crippen MR) is 87.7 cm³/mol. The number of carbonyl (C=O) groups is 1. The highest BCUT2D eigenvalue weighted by atomic mass is 32.2. The first-order valence-corrected chi connectivity index (χ1v) is 11.3. The normalized spacial score (nSPS) is 20.7. The van der Waals surface area contributed by atoms with Gasteiger partial charge in [0.25, 0.3) is 0 Å². The number of hydrogen-bond acceptors (Lipinski definition) is 6. The summed E-state index contributed by atoms with van der Waals surface area (Å²) in [6.07, 6.45) is 1.67. The van der Waals surface area contributed by atoms with E-state index in [1.165, 1.54) is 23.9 Å². The number of thioether (sulfide) groups is 1. The summed E-state index contributed by atoms with van der Waals surface area (Å²) < 4.78 is 45.6. The van der Waals surface area contributed by atoms with Crippen molar-refractivity contribution in [2.75, 3.05) is 28.8 Å². The molecule has 1 N–H and O–H groups in total. The van der Waals surface area contributed by atoms with Gasteiger partial charge in [-0.2, -0.15) is 0 Å². The van der Waals surface area contributed by atoms with Gasteiger partial charge in [0.15, 0.2) is 19.7 Å². The summed E-state index contributed by atoms with van der Waals surface area (Å²) in [5.41, 5.74) is 0.410. The molecule has 1 aliphatic heterocycles. The number of rotatable bonds is 5. The van der Waals surface area contributed by atoms with Crippen molar-refractivity contribution < 1.29 is 21.6 Å². The number of benzene rings is 1. The third-order valence-corrected chi connectivity index (χ3v) is 7.58. The maximum absolute atomic E-state index is 11.9. The molecule has 1 saturated heterocycles. The van der Waals surface area contributed by atoms with Crippen molar-refractivity contribution in [3.8, 4) is 0 Å². The highest BCUT2D eigenvalue weighted by Crippen LogP contribution is 2.24. The summed E-state index contributed by atoms with van der Waals surface area (Å²) in [6, 6.07) is 6.03. The molecule has 0 radical (unpaired) electrons. The van der Waals surface area contributed by atoms with Crippen molar-refractivity contribution in [3.05, 3.63) is 24.3 Å². The van der Waals surface area contributed by atoms with E-state index in [-0.39, 0.29) is 33.3 Å². The van der Waals surface area contributed by atoms with Crippen molar-refractivity contribution >= 4 is 43.0 Å². The number of amides is 1. The van der Waals surface area contributed by atoms with Gasteiger partial charge in [-0.3, -0.25) is 4.79 Å². The Labute approximate surface area is 134 Å². The number of nitrogens with one attached hydrogen (secondary N) is 1. The Bertz CT molecular complexity index is 771. The van der Waals surface area contributed by atoms with E-state index in [1.54, 1.807) is 12.1 Å². The predicted octanol–water partition coefficient (Wildman–Crippen LogP) is 0.949. The van der Waals surface area contributed by atoms with Crippen LogP contribution in [0, 0.1) is 0 Å². The topological polar surface area (TPSA) is 97.4 Å². The van der Waals surface area contributed by atoms with Crippen molar-refractivity contribution in [2.45, 2.75) is 16.6 Å². The molecule has 1 aromatic carbocycles. The van der Waals surface area contributed by atoms with Gasteiger partial charge >= 0.3 is 0 Å². The average molecular weight is 363 g/mol. The molecule has 0 saturated carbocycles. The zero-order valence-corrected chi connectivity index (χ0v) is 14.4. The van der Waals surface area contributed by atoms with Gasteiger partial charge in [0, 0.05) is 17.2 Å². The molecule has 22 heavy (non-hydrogen) atoms. The molecule has 6 nitrogen and oxygen atoms in total. The lowest BCUT2D eigenvalue weighted by atomic mass is 10.3. The molecule has 122 valence electrons. The van der Waals surface area contributed by atoms with E-state index in [0.29, 0.717) is 12.1 Å². The number of anilines is 1. The molecule has 1 aromatic rings. The van der Waals surface area contributed by atoms with Gasteiger partial charge in [-0.25, -0.2) is 16.8 Å². The van der Waals surface area contributed by atoms with Gasteiger partial charge in [-0.1, -0.05) is 6.07 Å². The minimum Gasteiger partial charge on any atom is -0.325 e. The molecule has 0 spiro atoms. The van der Waals surface area contributed by atoms with Crippen molar-refractivity contribution in [1.82, 2.24) is 0 Å². The van der Waals surface area contributed by atoms with Gasteiger partial charge in [0.05, 0.1) is 22.2 Å². The smallest absolute Gasteiger partial charge is 0.234 e. The van der Waals surface area contributed by atoms with Crippen LogP contribution in [0.25, 0.3) is 0 Å². The van der Waals surface area contributed by atoms with E-state index >= 15 is 0 Å². The number of hydrogen-bond donors (Lipinski definition) is 1. The van der Waals surface area contributed by atoms with Crippen molar-refractivity contribution in [1.29, 1.82) is 0 Å². The molecule has 1 atom stereocenters. The second-order valence-electron chi connectivity index (χ2n) is 5.18. The van der Waals surface area contributed by atoms with Crippen LogP contribution in [0.1, 0.15) is 6.42 Å². The van der Waals surface area contributed by atoms with Gasteiger partial charge < -0.3 is 5.32 Å². The van der Waals surface area contributed by atoms with Crippen molar-refractivity contribution in [2.24, 2.45) is 0 Å². The fourth-order valence-electron chi connectivity index (χ4n) is 2.09. The maximum Gasteiger partial charge on any atom is 0.234 e. The van der Waals surface area contributed by atoms with Crippen LogP contribution in [0.4, 0.5) is 5.69 Å². The summed E-state index contributed by atoms with van der Waals surface area (Å²) in [7, 11) is -6.27. The van der Waals surface area contributed by atoms with E-state index < -0.39 is 19.7 Å². The van der Waals surface area contributed by atoms with Crippen LogP contribution < -0.4 is 5.32 Å². The third-order valence-electron chi connectivity index (χ3n) is 3.19. The van der Waals surface area contributed by atoms with Crippen LogP contribution in [0.3, 0.4) is 0 Å². The zero-order valence-electron chi connectivity index (χ0n) is 12.0. The second kappa shape index (κ2) is 6.59. The van der Waals surface area contributed by atoms with E-state index in [0.717, 1.165) is 6.26 Å². The molecular weight excluding hydrogens is 346 g/mol.